The predicted octanol–water partition coefficient (Wildman–Crippen LogP) is 4.16. The average molecular weight is 253 g/mol. The van der Waals surface area contributed by atoms with E-state index in [1.165, 1.54) is 43.6 Å². The van der Waals surface area contributed by atoms with Crippen LogP contribution in [0.5, 0.6) is 0 Å². The fraction of sp³-hybridized carbons (Fsp3) is 0.571. The number of benzene rings is 1. The van der Waals surface area contributed by atoms with E-state index in [0.717, 1.165) is 23.9 Å². The fourth-order valence-corrected chi connectivity index (χ4v) is 3.34. The van der Waals surface area contributed by atoms with Gasteiger partial charge in [-0.3, -0.25) is 0 Å². The zero-order chi connectivity index (χ0) is 11.9. The van der Waals surface area contributed by atoms with E-state index in [2.05, 4.69) is 5.32 Å². The maximum Gasteiger partial charge on any atom is 0.123 e. The molecule has 0 atom stereocenters. The van der Waals surface area contributed by atoms with Crippen LogP contribution in [0.25, 0.3) is 0 Å². The summed E-state index contributed by atoms with van der Waals surface area (Å²) < 4.78 is 12.7. The SMILES string of the molecule is Fc1ccc(NCCSCC2CCCC2)cc1. The van der Waals surface area contributed by atoms with E-state index in [-0.39, 0.29) is 5.82 Å². The molecular formula is C14H20FNS. The normalized spacial score (nSPS) is 16.3. The van der Waals surface area contributed by atoms with E-state index in [1.54, 1.807) is 12.1 Å². The van der Waals surface area contributed by atoms with Gasteiger partial charge < -0.3 is 5.32 Å². The number of nitrogens with one attached hydrogen (secondary N) is 1. The zero-order valence-electron chi connectivity index (χ0n) is 10.1. The first-order valence-corrected chi connectivity index (χ1v) is 7.57. The molecule has 0 radical (unpaired) electrons. The number of halogens is 1. The molecule has 94 valence electrons. The standard InChI is InChI=1S/C14H20FNS/c15-13-5-7-14(8-6-13)16-9-10-17-11-12-3-1-2-4-12/h5-8,12,16H,1-4,9-11H2. The van der Waals surface area contributed by atoms with Crippen LogP contribution in [0.15, 0.2) is 24.3 Å². The monoisotopic (exact) mass is 253 g/mol. The molecule has 0 spiro atoms. The van der Waals surface area contributed by atoms with E-state index >= 15 is 0 Å². The first-order valence-electron chi connectivity index (χ1n) is 6.42. The van der Waals surface area contributed by atoms with E-state index in [4.69, 9.17) is 0 Å². The van der Waals surface area contributed by atoms with Gasteiger partial charge in [-0.15, -0.1) is 0 Å². The molecule has 0 aliphatic heterocycles. The van der Waals surface area contributed by atoms with Gasteiger partial charge in [0.05, 0.1) is 0 Å². The van der Waals surface area contributed by atoms with Gasteiger partial charge in [0.2, 0.25) is 0 Å². The second-order valence-electron chi connectivity index (χ2n) is 4.66. The molecule has 1 N–H and O–H groups in total. The molecular weight excluding hydrogens is 233 g/mol. The number of rotatable bonds is 6. The number of hydrogen-bond acceptors (Lipinski definition) is 2. The van der Waals surface area contributed by atoms with Crippen LogP contribution in [0, 0.1) is 11.7 Å². The summed E-state index contributed by atoms with van der Waals surface area (Å²) in [6.07, 6.45) is 5.72. The smallest absolute Gasteiger partial charge is 0.123 e. The van der Waals surface area contributed by atoms with Gasteiger partial charge in [-0.1, -0.05) is 12.8 Å². The third-order valence-corrected chi connectivity index (χ3v) is 4.45. The Kier molecular flexibility index (Phi) is 5.17. The van der Waals surface area contributed by atoms with Crippen molar-refractivity contribution in [3.8, 4) is 0 Å². The van der Waals surface area contributed by atoms with E-state index in [1.807, 2.05) is 11.8 Å². The largest absolute Gasteiger partial charge is 0.384 e. The highest BCUT2D eigenvalue weighted by molar-refractivity contribution is 7.99. The van der Waals surface area contributed by atoms with Crippen LogP contribution in [0.4, 0.5) is 10.1 Å². The van der Waals surface area contributed by atoms with Gasteiger partial charge in [0.25, 0.3) is 0 Å². The van der Waals surface area contributed by atoms with E-state index in [9.17, 15) is 4.39 Å². The van der Waals surface area contributed by atoms with Crippen LogP contribution in [0.3, 0.4) is 0 Å². The lowest BCUT2D eigenvalue weighted by molar-refractivity contribution is 0.623. The molecule has 3 heteroatoms. The van der Waals surface area contributed by atoms with Crippen LogP contribution in [-0.4, -0.2) is 18.1 Å². The molecule has 1 aromatic carbocycles. The number of anilines is 1. The minimum Gasteiger partial charge on any atom is -0.384 e. The third-order valence-electron chi connectivity index (χ3n) is 3.25. The summed E-state index contributed by atoms with van der Waals surface area (Å²) in [5.74, 6) is 3.23. The fourth-order valence-electron chi connectivity index (χ4n) is 2.26. The van der Waals surface area contributed by atoms with Gasteiger partial charge in [0, 0.05) is 18.0 Å². The van der Waals surface area contributed by atoms with Crippen LogP contribution in [0.2, 0.25) is 0 Å². The first-order chi connectivity index (χ1) is 8.34. The molecule has 0 unspecified atom stereocenters. The maximum absolute atomic E-state index is 12.7. The lowest BCUT2D eigenvalue weighted by atomic mass is 10.1. The van der Waals surface area contributed by atoms with Crippen LogP contribution in [-0.2, 0) is 0 Å². The zero-order valence-corrected chi connectivity index (χ0v) is 10.9. The first kappa shape index (κ1) is 12.7. The maximum atomic E-state index is 12.7. The van der Waals surface area contributed by atoms with Crippen molar-refractivity contribution in [1.82, 2.24) is 0 Å². The van der Waals surface area contributed by atoms with Gasteiger partial charge in [0.1, 0.15) is 5.82 Å². The van der Waals surface area contributed by atoms with Gasteiger partial charge in [0.15, 0.2) is 0 Å². The average Bonchev–Trinajstić information content (AvgIpc) is 2.84. The van der Waals surface area contributed by atoms with Gasteiger partial charge in [-0.2, -0.15) is 11.8 Å². The van der Waals surface area contributed by atoms with Crippen LogP contribution >= 0.6 is 11.8 Å². The Morgan fingerprint density at radius 2 is 1.88 bits per heavy atom. The van der Waals surface area contributed by atoms with Crippen molar-refractivity contribution in [2.75, 3.05) is 23.4 Å². The lowest BCUT2D eigenvalue weighted by Crippen LogP contribution is -2.06. The highest BCUT2D eigenvalue weighted by Crippen LogP contribution is 2.27. The molecule has 1 aromatic rings. The van der Waals surface area contributed by atoms with Crippen molar-refractivity contribution < 1.29 is 4.39 Å². The Morgan fingerprint density at radius 1 is 1.18 bits per heavy atom. The highest BCUT2D eigenvalue weighted by atomic mass is 32.2. The lowest BCUT2D eigenvalue weighted by Gasteiger charge is -2.09. The second kappa shape index (κ2) is 6.90. The van der Waals surface area contributed by atoms with Gasteiger partial charge in [-0.05, 0) is 48.8 Å². The topological polar surface area (TPSA) is 12.0 Å². The summed E-state index contributed by atoms with van der Waals surface area (Å²) >= 11 is 2.04. The molecule has 1 aliphatic carbocycles. The molecule has 1 aliphatic rings. The van der Waals surface area contributed by atoms with Gasteiger partial charge in [-0.25, -0.2) is 4.39 Å². The second-order valence-corrected chi connectivity index (χ2v) is 5.81. The van der Waals surface area contributed by atoms with Crippen LogP contribution < -0.4 is 5.32 Å². The van der Waals surface area contributed by atoms with Crippen molar-refractivity contribution in [2.45, 2.75) is 25.7 Å². The van der Waals surface area contributed by atoms with Crippen LogP contribution in [0.1, 0.15) is 25.7 Å². The van der Waals surface area contributed by atoms with Crippen molar-refractivity contribution in [3.63, 3.8) is 0 Å². The third kappa shape index (κ3) is 4.58. The predicted molar refractivity (Wildman–Crippen MR) is 74.2 cm³/mol. The molecule has 0 saturated heterocycles. The van der Waals surface area contributed by atoms with E-state index in [0.29, 0.717) is 0 Å². The molecule has 17 heavy (non-hydrogen) atoms. The molecule has 0 heterocycles. The Balaban J connectivity index is 1.55. The summed E-state index contributed by atoms with van der Waals surface area (Å²) in [5, 5.41) is 3.31. The van der Waals surface area contributed by atoms with Crippen molar-refractivity contribution >= 4 is 17.4 Å². The van der Waals surface area contributed by atoms with Crippen molar-refractivity contribution in [1.29, 1.82) is 0 Å². The summed E-state index contributed by atoms with van der Waals surface area (Å²) in [4.78, 5) is 0. The Bertz CT molecular complexity index is 319. The van der Waals surface area contributed by atoms with Crippen molar-refractivity contribution in [2.24, 2.45) is 5.92 Å². The molecule has 0 amide bonds. The summed E-state index contributed by atoms with van der Waals surface area (Å²) in [5.41, 5.74) is 1.01. The Morgan fingerprint density at radius 3 is 2.59 bits per heavy atom. The quantitative estimate of drug-likeness (QED) is 0.764. The number of thioether (sulfide) groups is 1. The molecule has 2 rings (SSSR count). The van der Waals surface area contributed by atoms with Gasteiger partial charge >= 0.3 is 0 Å². The molecule has 0 bridgehead atoms. The minimum absolute atomic E-state index is 0.175. The summed E-state index contributed by atoms with van der Waals surface area (Å²) in [7, 11) is 0. The Hall–Kier alpha value is -0.700. The molecule has 1 saturated carbocycles. The Labute approximate surface area is 107 Å². The summed E-state index contributed by atoms with van der Waals surface area (Å²) in [6.45, 7) is 0.961. The molecule has 1 fully saturated rings. The number of hydrogen-bond donors (Lipinski definition) is 1. The van der Waals surface area contributed by atoms with Crippen molar-refractivity contribution in [3.05, 3.63) is 30.1 Å². The highest BCUT2D eigenvalue weighted by Gasteiger charge is 2.14. The van der Waals surface area contributed by atoms with E-state index < -0.39 is 0 Å². The minimum atomic E-state index is -0.175. The molecule has 0 aromatic heterocycles. The summed E-state index contributed by atoms with van der Waals surface area (Å²) in [6, 6.07) is 6.57. The molecule has 1 nitrogen and oxygen atoms in total.